The largest absolute Gasteiger partial charge is 0.326 e. The first-order valence-corrected chi connectivity index (χ1v) is 12.8. The molecule has 0 aliphatic carbocycles. The molecule has 10 heteroatoms. The van der Waals surface area contributed by atoms with Gasteiger partial charge in [0.15, 0.2) is 4.96 Å². The highest BCUT2D eigenvalue weighted by Gasteiger charge is 2.27. The second kappa shape index (κ2) is 8.69. The number of benzene rings is 2. The standard InChI is InChI=1S/C23H21FN4O3S2/c24-17-5-3-16(4-6-17)21-14-28-19(15-32-23(28)26-21)13-22(29)25-18-7-9-20(10-8-18)33(30,31)27-11-1-2-12-27/h3-10,14-15H,1-2,11-13H2,(H,25,29). The van der Waals surface area contributed by atoms with E-state index < -0.39 is 10.0 Å². The van der Waals surface area contributed by atoms with Crippen LogP contribution in [0.3, 0.4) is 0 Å². The van der Waals surface area contributed by atoms with Gasteiger partial charge in [-0.15, -0.1) is 11.3 Å². The molecule has 1 N–H and O–H groups in total. The SMILES string of the molecule is O=C(Cc1csc2nc(-c3ccc(F)cc3)cn12)Nc1ccc(S(=O)(=O)N2CCCC2)cc1. The fourth-order valence-corrected chi connectivity index (χ4v) is 6.26. The lowest BCUT2D eigenvalue weighted by Crippen LogP contribution is -2.27. The first-order chi connectivity index (χ1) is 15.9. The van der Waals surface area contributed by atoms with Crippen LogP contribution < -0.4 is 5.32 Å². The van der Waals surface area contributed by atoms with Gasteiger partial charge in [-0.05, 0) is 61.4 Å². The Hall–Kier alpha value is -3.08. The Labute approximate surface area is 194 Å². The number of amides is 1. The summed E-state index contributed by atoms with van der Waals surface area (Å²) in [4.78, 5) is 18.2. The number of halogens is 1. The van der Waals surface area contributed by atoms with E-state index in [4.69, 9.17) is 0 Å². The molecule has 3 heterocycles. The topological polar surface area (TPSA) is 83.8 Å². The van der Waals surface area contributed by atoms with E-state index in [0.717, 1.165) is 29.1 Å². The number of anilines is 1. The van der Waals surface area contributed by atoms with Crippen LogP contribution >= 0.6 is 11.3 Å². The normalized spacial score (nSPS) is 14.7. The van der Waals surface area contributed by atoms with Crippen LogP contribution in [0, 0.1) is 5.82 Å². The number of imidazole rings is 1. The highest BCUT2D eigenvalue weighted by atomic mass is 32.2. The number of hydrogen-bond donors (Lipinski definition) is 1. The lowest BCUT2D eigenvalue weighted by molar-refractivity contribution is -0.115. The first-order valence-electron chi connectivity index (χ1n) is 10.5. The van der Waals surface area contributed by atoms with E-state index in [1.807, 2.05) is 16.0 Å². The Balaban J connectivity index is 1.27. The maximum atomic E-state index is 13.2. The molecule has 7 nitrogen and oxygen atoms in total. The number of carbonyl (C=O) groups excluding carboxylic acids is 1. The highest BCUT2D eigenvalue weighted by molar-refractivity contribution is 7.89. The molecule has 5 rings (SSSR count). The molecule has 2 aromatic heterocycles. The number of thiazole rings is 1. The number of fused-ring (bicyclic) bond motifs is 1. The predicted octanol–water partition coefficient (Wildman–Crippen LogP) is 4.17. The smallest absolute Gasteiger partial charge is 0.243 e. The van der Waals surface area contributed by atoms with Gasteiger partial charge in [0.05, 0.1) is 17.0 Å². The van der Waals surface area contributed by atoms with Gasteiger partial charge in [-0.25, -0.2) is 17.8 Å². The summed E-state index contributed by atoms with van der Waals surface area (Å²) in [7, 11) is -3.48. The van der Waals surface area contributed by atoms with E-state index in [1.165, 1.54) is 39.9 Å². The van der Waals surface area contributed by atoms with Crippen molar-refractivity contribution in [3.8, 4) is 11.3 Å². The number of aromatic nitrogens is 2. The summed E-state index contributed by atoms with van der Waals surface area (Å²) in [6.07, 6.45) is 3.73. The second-order valence-electron chi connectivity index (χ2n) is 7.87. The van der Waals surface area contributed by atoms with Gasteiger partial charge in [0.25, 0.3) is 0 Å². The van der Waals surface area contributed by atoms with Gasteiger partial charge in [0, 0.05) is 41.6 Å². The predicted molar refractivity (Wildman–Crippen MR) is 125 cm³/mol. The lowest BCUT2D eigenvalue weighted by Gasteiger charge is -2.15. The summed E-state index contributed by atoms with van der Waals surface area (Å²) in [6.45, 7) is 1.10. The molecular weight excluding hydrogens is 463 g/mol. The maximum Gasteiger partial charge on any atom is 0.243 e. The van der Waals surface area contributed by atoms with Crippen LogP contribution in [-0.2, 0) is 21.2 Å². The summed E-state index contributed by atoms with van der Waals surface area (Å²) >= 11 is 1.42. The van der Waals surface area contributed by atoms with E-state index in [1.54, 1.807) is 24.3 Å². The second-order valence-corrected chi connectivity index (χ2v) is 10.6. The monoisotopic (exact) mass is 484 g/mol. The zero-order valence-electron chi connectivity index (χ0n) is 17.6. The van der Waals surface area contributed by atoms with Crippen molar-refractivity contribution in [3.05, 3.63) is 71.6 Å². The van der Waals surface area contributed by atoms with Crippen molar-refractivity contribution in [1.82, 2.24) is 13.7 Å². The van der Waals surface area contributed by atoms with Crippen molar-refractivity contribution in [2.75, 3.05) is 18.4 Å². The Morgan fingerprint density at radius 1 is 1.06 bits per heavy atom. The van der Waals surface area contributed by atoms with E-state index in [2.05, 4.69) is 10.3 Å². The molecule has 0 radical (unpaired) electrons. The molecule has 0 unspecified atom stereocenters. The third-order valence-electron chi connectivity index (χ3n) is 5.61. The summed E-state index contributed by atoms with van der Waals surface area (Å²) in [6, 6.07) is 12.4. The zero-order chi connectivity index (χ0) is 23.0. The summed E-state index contributed by atoms with van der Waals surface area (Å²) < 4.78 is 41.8. The highest BCUT2D eigenvalue weighted by Crippen LogP contribution is 2.25. The van der Waals surface area contributed by atoms with Gasteiger partial charge in [0.2, 0.25) is 15.9 Å². The summed E-state index contributed by atoms with van der Waals surface area (Å²) in [5.74, 6) is -0.527. The van der Waals surface area contributed by atoms with Crippen molar-refractivity contribution in [2.24, 2.45) is 0 Å². The molecule has 4 aromatic rings. The molecule has 33 heavy (non-hydrogen) atoms. The number of hydrogen-bond acceptors (Lipinski definition) is 5. The van der Waals surface area contributed by atoms with Crippen molar-refractivity contribution in [2.45, 2.75) is 24.2 Å². The zero-order valence-corrected chi connectivity index (χ0v) is 19.2. The molecule has 2 aromatic carbocycles. The molecule has 0 bridgehead atoms. The molecule has 1 aliphatic rings. The first kappa shape index (κ1) is 21.7. The molecule has 1 fully saturated rings. The van der Waals surface area contributed by atoms with Crippen LogP contribution in [0.1, 0.15) is 18.5 Å². The molecular formula is C23H21FN4O3S2. The van der Waals surface area contributed by atoms with Crippen LogP contribution in [0.5, 0.6) is 0 Å². The van der Waals surface area contributed by atoms with Crippen LogP contribution in [-0.4, -0.2) is 41.1 Å². The number of nitrogens with zero attached hydrogens (tertiary/aromatic N) is 3. The fraction of sp³-hybridized carbons (Fsp3) is 0.217. The number of rotatable bonds is 6. The average Bonchev–Trinajstić information content (AvgIpc) is 3.54. The molecule has 1 aliphatic heterocycles. The van der Waals surface area contributed by atoms with E-state index in [0.29, 0.717) is 24.5 Å². The van der Waals surface area contributed by atoms with E-state index >= 15 is 0 Å². The van der Waals surface area contributed by atoms with E-state index in [9.17, 15) is 17.6 Å². The van der Waals surface area contributed by atoms with Crippen LogP contribution in [0.25, 0.3) is 16.2 Å². The van der Waals surface area contributed by atoms with Gasteiger partial charge in [-0.2, -0.15) is 4.31 Å². The van der Waals surface area contributed by atoms with Crippen LogP contribution in [0.2, 0.25) is 0 Å². The molecule has 0 atom stereocenters. The Morgan fingerprint density at radius 3 is 2.45 bits per heavy atom. The molecule has 0 spiro atoms. The summed E-state index contributed by atoms with van der Waals surface area (Å²) in [5.41, 5.74) is 2.82. The minimum Gasteiger partial charge on any atom is -0.326 e. The van der Waals surface area contributed by atoms with Crippen molar-refractivity contribution in [3.63, 3.8) is 0 Å². The van der Waals surface area contributed by atoms with Crippen molar-refractivity contribution >= 4 is 37.9 Å². The third-order valence-corrected chi connectivity index (χ3v) is 8.41. The fourth-order valence-electron chi connectivity index (χ4n) is 3.87. The van der Waals surface area contributed by atoms with Gasteiger partial charge >= 0.3 is 0 Å². The minimum atomic E-state index is -3.48. The van der Waals surface area contributed by atoms with Gasteiger partial charge in [-0.3, -0.25) is 9.20 Å². The third kappa shape index (κ3) is 4.41. The Bertz CT molecular complexity index is 1400. The van der Waals surface area contributed by atoms with Gasteiger partial charge in [0.1, 0.15) is 5.82 Å². The van der Waals surface area contributed by atoms with Gasteiger partial charge in [-0.1, -0.05) is 0 Å². The molecule has 1 saturated heterocycles. The average molecular weight is 485 g/mol. The minimum absolute atomic E-state index is 0.132. The van der Waals surface area contributed by atoms with Crippen LogP contribution in [0.4, 0.5) is 10.1 Å². The maximum absolute atomic E-state index is 13.2. The molecule has 1 amide bonds. The number of sulfonamides is 1. The quantitative estimate of drug-likeness (QED) is 0.445. The number of carbonyl (C=O) groups is 1. The Kier molecular flexibility index (Phi) is 5.73. The van der Waals surface area contributed by atoms with Crippen molar-refractivity contribution < 1.29 is 17.6 Å². The lowest BCUT2D eigenvalue weighted by atomic mass is 10.2. The van der Waals surface area contributed by atoms with Crippen LogP contribution in [0.15, 0.2) is 65.0 Å². The van der Waals surface area contributed by atoms with Crippen molar-refractivity contribution in [1.29, 1.82) is 0 Å². The van der Waals surface area contributed by atoms with Gasteiger partial charge < -0.3 is 5.32 Å². The summed E-state index contributed by atoms with van der Waals surface area (Å²) in [5, 5.41) is 4.70. The number of nitrogens with one attached hydrogen (secondary N) is 1. The van der Waals surface area contributed by atoms with E-state index in [-0.39, 0.29) is 23.0 Å². The molecule has 170 valence electrons. The Morgan fingerprint density at radius 2 is 1.76 bits per heavy atom. The molecule has 0 saturated carbocycles.